The molecule has 0 aliphatic rings. The summed E-state index contributed by atoms with van der Waals surface area (Å²) in [6, 6.07) is 7.66. The van der Waals surface area contributed by atoms with Gasteiger partial charge in [0, 0.05) is 0 Å². The fraction of sp³-hybridized carbons (Fsp3) is 0.133. The number of rotatable bonds is 2. The zero-order chi connectivity index (χ0) is 15.8. The number of carbonyl (C=O) groups is 1. The number of aryl methyl sites for hydroxylation is 1. The third-order valence-electron chi connectivity index (χ3n) is 3.06. The van der Waals surface area contributed by atoms with Crippen molar-refractivity contribution in [2.75, 3.05) is 0 Å². The summed E-state index contributed by atoms with van der Waals surface area (Å²) in [6.07, 6.45) is -4.41. The summed E-state index contributed by atoms with van der Waals surface area (Å²) in [5.74, 6) is -1.19. The van der Waals surface area contributed by atoms with Crippen molar-refractivity contribution in [1.29, 1.82) is 0 Å². The molecule has 6 heteroatoms. The van der Waals surface area contributed by atoms with Crippen LogP contribution in [-0.4, -0.2) is 11.1 Å². The van der Waals surface area contributed by atoms with E-state index in [2.05, 4.69) is 0 Å². The Morgan fingerprint density at radius 1 is 1.14 bits per heavy atom. The van der Waals surface area contributed by atoms with E-state index in [1.54, 1.807) is 13.0 Å². The van der Waals surface area contributed by atoms with E-state index in [9.17, 15) is 18.0 Å². The van der Waals surface area contributed by atoms with Gasteiger partial charge in [-0.25, -0.2) is 4.79 Å². The average molecular weight is 315 g/mol. The number of hydrogen-bond donors (Lipinski definition) is 1. The Kier molecular flexibility index (Phi) is 3.96. The van der Waals surface area contributed by atoms with Crippen LogP contribution in [0.5, 0.6) is 0 Å². The number of carboxylic acid groups (broad SMARTS) is 1. The molecule has 0 bridgehead atoms. The van der Waals surface area contributed by atoms with Crippen LogP contribution in [-0.2, 0) is 6.18 Å². The molecule has 0 saturated heterocycles. The lowest BCUT2D eigenvalue weighted by Crippen LogP contribution is -2.05. The highest BCUT2D eigenvalue weighted by molar-refractivity contribution is 6.33. The highest BCUT2D eigenvalue weighted by atomic mass is 35.5. The van der Waals surface area contributed by atoms with Crippen LogP contribution in [0.4, 0.5) is 13.2 Å². The van der Waals surface area contributed by atoms with Gasteiger partial charge in [-0.15, -0.1) is 0 Å². The third kappa shape index (κ3) is 3.19. The first-order valence-corrected chi connectivity index (χ1v) is 6.29. The molecule has 0 heterocycles. The molecule has 0 amide bonds. The number of alkyl halides is 3. The Morgan fingerprint density at radius 2 is 1.81 bits per heavy atom. The van der Waals surface area contributed by atoms with Crippen LogP contribution in [0.2, 0.25) is 5.02 Å². The van der Waals surface area contributed by atoms with Gasteiger partial charge in [0.2, 0.25) is 0 Å². The second-order valence-electron chi connectivity index (χ2n) is 4.53. The molecule has 110 valence electrons. The average Bonchev–Trinajstić information content (AvgIpc) is 2.38. The SMILES string of the molecule is Cc1cc(C(F)(F)F)ccc1-c1ccc(Cl)c(C(=O)O)c1. The summed E-state index contributed by atoms with van der Waals surface area (Å²) >= 11 is 5.77. The van der Waals surface area contributed by atoms with Crippen LogP contribution < -0.4 is 0 Å². The lowest BCUT2D eigenvalue weighted by molar-refractivity contribution is -0.137. The summed E-state index contributed by atoms with van der Waals surface area (Å²) in [5.41, 5.74) is 0.610. The van der Waals surface area contributed by atoms with E-state index < -0.39 is 17.7 Å². The molecule has 0 unspecified atom stereocenters. The molecular formula is C15H10ClF3O2. The van der Waals surface area contributed by atoms with Gasteiger partial charge in [0.15, 0.2) is 0 Å². The van der Waals surface area contributed by atoms with Crippen molar-refractivity contribution in [1.82, 2.24) is 0 Å². The summed E-state index contributed by atoms with van der Waals surface area (Å²) in [5, 5.41) is 9.10. The van der Waals surface area contributed by atoms with Gasteiger partial charge >= 0.3 is 12.1 Å². The Morgan fingerprint density at radius 3 is 2.33 bits per heavy atom. The molecule has 21 heavy (non-hydrogen) atoms. The Bertz CT molecular complexity index is 709. The van der Waals surface area contributed by atoms with Crippen LogP contribution in [0.3, 0.4) is 0 Å². The van der Waals surface area contributed by atoms with Crippen molar-refractivity contribution in [2.45, 2.75) is 13.1 Å². The van der Waals surface area contributed by atoms with Crippen LogP contribution in [0.1, 0.15) is 21.5 Å². The molecule has 0 saturated carbocycles. The van der Waals surface area contributed by atoms with E-state index in [0.29, 0.717) is 16.7 Å². The van der Waals surface area contributed by atoms with Gasteiger partial charge in [0.25, 0.3) is 0 Å². The lowest BCUT2D eigenvalue weighted by Gasteiger charge is -2.12. The fourth-order valence-corrected chi connectivity index (χ4v) is 2.22. The zero-order valence-electron chi connectivity index (χ0n) is 10.8. The Labute approximate surface area is 123 Å². The van der Waals surface area contributed by atoms with E-state index in [1.165, 1.54) is 18.2 Å². The molecule has 0 aliphatic carbocycles. The topological polar surface area (TPSA) is 37.3 Å². The minimum absolute atomic E-state index is 0.0795. The number of carboxylic acids is 1. The molecule has 0 fully saturated rings. The molecular weight excluding hydrogens is 305 g/mol. The van der Waals surface area contributed by atoms with Crippen molar-refractivity contribution in [2.24, 2.45) is 0 Å². The van der Waals surface area contributed by atoms with E-state index in [0.717, 1.165) is 12.1 Å². The van der Waals surface area contributed by atoms with Gasteiger partial charge in [-0.2, -0.15) is 13.2 Å². The predicted octanol–water partition coefficient (Wildman–Crippen LogP) is 5.03. The van der Waals surface area contributed by atoms with Gasteiger partial charge in [-0.1, -0.05) is 23.7 Å². The van der Waals surface area contributed by atoms with Crippen LogP contribution in [0.15, 0.2) is 36.4 Å². The minimum Gasteiger partial charge on any atom is -0.478 e. The first-order chi connectivity index (χ1) is 9.70. The lowest BCUT2D eigenvalue weighted by atomic mass is 9.97. The van der Waals surface area contributed by atoms with Crippen LogP contribution in [0.25, 0.3) is 11.1 Å². The second kappa shape index (κ2) is 5.41. The van der Waals surface area contributed by atoms with Gasteiger partial charge in [0.1, 0.15) is 0 Å². The van der Waals surface area contributed by atoms with E-state index in [4.69, 9.17) is 16.7 Å². The largest absolute Gasteiger partial charge is 0.478 e. The number of halogens is 4. The summed E-state index contributed by atoms with van der Waals surface area (Å²) < 4.78 is 37.9. The molecule has 0 spiro atoms. The molecule has 2 aromatic rings. The van der Waals surface area contributed by atoms with Crippen molar-refractivity contribution in [3.8, 4) is 11.1 Å². The van der Waals surface area contributed by atoms with Crippen molar-refractivity contribution >= 4 is 17.6 Å². The van der Waals surface area contributed by atoms with E-state index in [-0.39, 0.29) is 10.6 Å². The number of hydrogen-bond acceptors (Lipinski definition) is 1. The van der Waals surface area contributed by atoms with Crippen LogP contribution >= 0.6 is 11.6 Å². The van der Waals surface area contributed by atoms with Gasteiger partial charge in [-0.05, 0) is 47.9 Å². The summed E-state index contributed by atoms with van der Waals surface area (Å²) in [4.78, 5) is 11.0. The summed E-state index contributed by atoms with van der Waals surface area (Å²) in [6.45, 7) is 1.54. The van der Waals surface area contributed by atoms with Gasteiger partial charge in [0.05, 0.1) is 16.1 Å². The normalized spacial score (nSPS) is 11.5. The quantitative estimate of drug-likeness (QED) is 0.844. The smallest absolute Gasteiger partial charge is 0.416 e. The molecule has 2 aromatic carbocycles. The first-order valence-electron chi connectivity index (χ1n) is 5.91. The monoisotopic (exact) mass is 314 g/mol. The highest BCUT2D eigenvalue weighted by Gasteiger charge is 2.30. The Hall–Kier alpha value is -2.01. The molecule has 0 atom stereocenters. The highest BCUT2D eigenvalue weighted by Crippen LogP contribution is 2.34. The van der Waals surface area contributed by atoms with Crippen molar-refractivity contribution < 1.29 is 23.1 Å². The first kappa shape index (κ1) is 15.4. The maximum absolute atomic E-state index is 12.6. The molecule has 2 rings (SSSR count). The standard InChI is InChI=1S/C15H10ClF3O2/c1-8-6-10(15(17,18)19)3-4-11(8)9-2-5-13(16)12(7-9)14(20)21/h2-7H,1H3,(H,20,21). The molecule has 2 nitrogen and oxygen atoms in total. The van der Waals surface area contributed by atoms with Crippen molar-refractivity contribution in [3.63, 3.8) is 0 Å². The molecule has 0 aromatic heterocycles. The molecule has 1 N–H and O–H groups in total. The molecule has 0 radical (unpaired) electrons. The van der Waals surface area contributed by atoms with Gasteiger partial charge in [-0.3, -0.25) is 0 Å². The van der Waals surface area contributed by atoms with E-state index in [1.807, 2.05) is 0 Å². The maximum Gasteiger partial charge on any atom is 0.416 e. The predicted molar refractivity (Wildman–Crippen MR) is 73.6 cm³/mol. The zero-order valence-corrected chi connectivity index (χ0v) is 11.6. The Balaban J connectivity index is 2.53. The number of aromatic carboxylic acids is 1. The number of benzene rings is 2. The fourth-order valence-electron chi connectivity index (χ4n) is 2.02. The summed E-state index contributed by atoms with van der Waals surface area (Å²) in [7, 11) is 0. The third-order valence-corrected chi connectivity index (χ3v) is 3.39. The maximum atomic E-state index is 12.6. The molecule has 0 aliphatic heterocycles. The van der Waals surface area contributed by atoms with Crippen LogP contribution in [0, 0.1) is 6.92 Å². The second-order valence-corrected chi connectivity index (χ2v) is 4.93. The van der Waals surface area contributed by atoms with E-state index >= 15 is 0 Å². The van der Waals surface area contributed by atoms with Gasteiger partial charge < -0.3 is 5.11 Å². The minimum atomic E-state index is -4.41. The van der Waals surface area contributed by atoms with Crippen molar-refractivity contribution in [3.05, 3.63) is 58.1 Å².